The maximum Gasteiger partial charge on any atom is 0.219 e. The monoisotopic (exact) mass is 443 g/mol. The molecule has 0 bridgehead atoms. The van der Waals surface area contributed by atoms with Crippen LogP contribution in [0.25, 0.3) is 0 Å². The molecule has 1 amide bonds. The number of halogens is 3. The SMILES string of the molecule is C=C(/N=C\C(Br)=C(/N)N1CCN(C(C)=O)CC1)Nc1ccc(F)c(Cl)c1. The second-order valence-corrected chi connectivity index (χ2v) is 6.95. The largest absolute Gasteiger partial charge is 0.384 e. The summed E-state index contributed by atoms with van der Waals surface area (Å²) in [4.78, 5) is 19.3. The summed E-state index contributed by atoms with van der Waals surface area (Å²) in [5.74, 6) is 0.458. The normalized spacial score (nSPS) is 15.8. The zero-order chi connectivity index (χ0) is 19.3. The molecule has 0 aliphatic carbocycles. The summed E-state index contributed by atoms with van der Waals surface area (Å²) >= 11 is 9.14. The molecule has 26 heavy (non-hydrogen) atoms. The van der Waals surface area contributed by atoms with E-state index in [0.717, 1.165) is 0 Å². The predicted octanol–water partition coefficient (Wildman–Crippen LogP) is 3.12. The van der Waals surface area contributed by atoms with Gasteiger partial charge in [0.1, 0.15) is 17.5 Å². The van der Waals surface area contributed by atoms with Crippen molar-refractivity contribution in [3.05, 3.63) is 51.7 Å². The van der Waals surface area contributed by atoms with Gasteiger partial charge in [-0.2, -0.15) is 0 Å². The topological polar surface area (TPSA) is 74.0 Å². The van der Waals surface area contributed by atoms with E-state index in [-0.39, 0.29) is 10.9 Å². The Kier molecular flexibility index (Phi) is 7.05. The second kappa shape index (κ2) is 9.05. The summed E-state index contributed by atoms with van der Waals surface area (Å²) in [5, 5.41) is 2.93. The first-order chi connectivity index (χ1) is 12.3. The van der Waals surface area contributed by atoms with Crippen LogP contribution in [0, 0.1) is 5.82 Å². The molecule has 140 valence electrons. The van der Waals surface area contributed by atoms with Crippen LogP contribution < -0.4 is 11.1 Å². The van der Waals surface area contributed by atoms with Crippen molar-refractivity contribution in [3.8, 4) is 0 Å². The van der Waals surface area contributed by atoms with Crippen molar-refractivity contribution in [3.63, 3.8) is 0 Å². The number of piperazine rings is 1. The Hall–Kier alpha value is -2.06. The fourth-order valence-electron chi connectivity index (χ4n) is 2.39. The summed E-state index contributed by atoms with van der Waals surface area (Å²) < 4.78 is 13.8. The van der Waals surface area contributed by atoms with E-state index in [1.165, 1.54) is 24.4 Å². The highest BCUT2D eigenvalue weighted by Crippen LogP contribution is 2.20. The number of nitrogens with two attached hydrogens (primary N) is 1. The van der Waals surface area contributed by atoms with Gasteiger partial charge in [-0.3, -0.25) is 4.79 Å². The molecule has 0 aromatic heterocycles. The number of allylic oxidation sites excluding steroid dienone is 1. The lowest BCUT2D eigenvalue weighted by Gasteiger charge is -2.35. The van der Waals surface area contributed by atoms with E-state index >= 15 is 0 Å². The highest BCUT2D eigenvalue weighted by molar-refractivity contribution is 9.12. The maximum atomic E-state index is 13.2. The molecule has 0 unspecified atom stereocenters. The Balaban J connectivity index is 1.95. The fraction of sp³-hybridized carbons (Fsp3) is 0.294. The fourth-order valence-corrected chi connectivity index (χ4v) is 2.92. The third-order valence-electron chi connectivity index (χ3n) is 3.85. The first kappa shape index (κ1) is 20.3. The van der Waals surface area contributed by atoms with Crippen LogP contribution in [0.3, 0.4) is 0 Å². The van der Waals surface area contributed by atoms with Crippen LogP contribution in [-0.4, -0.2) is 48.1 Å². The molecule has 0 radical (unpaired) electrons. The molecule has 1 fully saturated rings. The van der Waals surface area contributed by atoms with E-state index in [9.17, 15) is 9.18 Å². The number of carbonyl (C=O) groups excluding carboxylic acids is 1. The molecule has 9 heteroatoms. The third-order valence-corrected chi connectivity index (χ3v) is 4.75. The van der Waals surface area contributed by atoms with Crippen molar-refractivity contribution in [2.24, 2.45) is 10.7 Å². The minimum atomic E-state index is -0.491. The standard InChI is InChI=1S/C17H20BrClFN5O/c1-11(23-13-3-4-16(20)15(19)9-13)22-10-14(18)17(21)25-7-5-24(6-8-25)12(2)26/h3-4,9-10,23H,1,5-8,21H2,2H3/b17-14-,22-10-. The summed E-state index contributed by atoms with van der Waals surface area (Å²) in [6.07, 6.45) is 1.53. The predicted molar refractivity (Wildman–Crippen MR) is 107 cm³/mol. The van der Waals surface area contributed by atoms with Gasteiger partial charge in [0.05, 0.1) is 9.51 Å². The van der Waals surface area contributed by atoms with Crippen LogP contribution >= 0.6 is 27.5 Å². The number of nitrogens with zero attached hydrogens (tertiary/aromatic N) is 3. The van der Waals surface area contributed by atoms with E-state index < -0.39 is 5.82 Å². The number of carbonyl (C=O) groups is 1. The summed E-state index contributed by atoms with van der Waals surface area (Å²) in [7, 11) is 0. The minimum Gasteiger partial charge on any atom is -0.384 e. The minimum absolute atomic E-state index is 0.0156. The lowest BCUT2D eigenvalue weighted by atomic mass is 10.3. The molecule has 1 heterocycles. The molecule has 3 N–H and O–H groups in total. The molecular weight excluding hydrogens is 425 g/mol. The first-order valence-corrected chi connectivity index (χ1v) is 9.05. The molecular formula is C17H20BrClFN5O. The van der Waals surface area contributed by atoms with Gasteiger partial charge < -0.3 is 20.9 Å². The van der Waals surface area contributed by atoms with Crippen molar-refractivity contribution >= 4 is 45.3 Å². The Morgan fingerprint density at radius 2 is 2.00 bits per heavy atom. The van der Waals surface area contributed by atoms with Crippen molar-refractivity contribution in [1.82, 2.24) is 9.80 Å². The molecule has 6 nitrogen and oxygen atoms in total. The molecule has 0 spiro atoms. The summed E-state index contributed by atoms with van der Waals surface area (Å²) in [5.41, 5.74) is 6.72. The number of benzene rings is 1. The van der Waals surface area contributed by atoms with Gasteiger partial charge in [0.2, 0.25) is 5.91 Å². The Labute approximate surface area is 165 Å². The van der Waals surface area contributed by atoms with Crippen LogP contribution in [-0.2, 0) is 4.79 Å². The van der Waals surface area contributed by atoms with Gasteiger partial charge in [-0.05, 0) is 34.1 Å². The molecule has 0 atom stereocenters. The summed E-state index contributed by atoms with van der Waals surface area (Å²) in [6, 6.07) is 4.25. The molecule has 1 aromatic rings. The van der Waals surface area contributed by atoms with Crippen LogP contribution in [0.4, 0.5) is 10.1 Å². The first-order valence-electron chi connectivity index (χ1n) is 7.88. The van der Waals surface area contributed by atoms with Gasteiger partial charge >= 0.3 is 0 Å². The average molecular weight is 445 g/mol. The number of rotatable bonds is 5. The van der Waals surface area contributed by atoms with E-state index in [0.29, 0.717) is 48.0 Å². The number of anilines is 1. The van der Waals surface area contributed by atoms with Gasteiger partial charge in [-0.15, -0.1) is 0 Å². The maximum absolute atomic E-state index is 13.2. The highest BCUT2D eigenvalue weighted by Gasteiger charge is 2.20. The molecule has 1 aliphatic rings. The number of amides is 1. The van der Waals surface area contributed by atoms with E-state index in [4.69, 9.17) is 17.3 Å². The van der Waals surface area contributed by atoms with Crippen LogP contribution in [0.2, 0.25) is 5.02 Å². The quantitative estimate of drug-likeness (QED) is 0.684. The van der Waals surface area contributed by atoms with Crippen LogP contribution in [0.15, 0.2) is 45.9 Å². The van der Waals surface area contributed by atoms with E-state index in [2.05, 4.69) is 32.8 Å². The van der Waals surface area contributed by atoms with Crippen molar-refractivity contribution in [2.75, 3.05) is 31.5 Å². The van der Waals surface area contributed by atoms with Crippen LogP contribution in [0.5, 0.6) is 0 Å². The Morgan fingerprint density at radius 3 is 2.58 bits per heavy atom. The van der Waals surface area contributed by atoms with Crippen molar-refractivity contribution in [2.45, 2.75) is 6.92 Å². The molecule has 2 rings (SSSR count). The number of aliphatic imine (C=N–C) groups is 1. The smallest absolute Gasteiger partial charge is 0.219 e. The molecule has 1 aliphatic heterocycles. The van der Waals surface area contributed by atoms with Gasteiger partial charge in [0.25, 0.3) is 0 Å². The van der Waals surface area contributed by atoms with Crippen molar-refractivity contribution in [1.29, 1.82) is 0 Å². The Bertz CT molecular complexity index is 760. The van der Waals surface area contributed by atoms with Crippen LogP contribution in [0.1, 0.15) is 6.92 Å². The van der Waals surface area contributed by atoms with Gasteiger partial charge in [0, 0.05) is 45.0 Å². The van der Waals surface area contributed by atoms with E-state index in [1.807, 2.05) is 4.90 Å². The zero-order valence-corrected chi connectivity index (χ0v) is 16.6. The number of hydrogen-bond acceptors (Lipinski definition) is 5. The zero-order valence-electron chi connectivity index (χ0n) is 14.3. The lowest BCUT2D eigenvalue weighted by molar-refractivity contribution is -0.130. The average Bonchev–Trinajstić information content (AvgIpc) is 2.62. The van der Waals surface area contributed by atoms with Gasteiger partial charge in [-0.1, -0.05) is 18.2 Å². The molecule has 1 saturated heterocycles. The third kappa shape index (κ3) is 5.47. The summed E-state index contributed by atoms with van der Waals surface area (Å²) in [6.45, 7) is 7.92. The Morgan fingerprint density at radius 1 is 1.38 bits per heavy atom. The van der Waals surface area contributed by atoms with E-state index in [1.54, 1.807) is 11.8 Å². The number of nitrogens with one attached hydrogen (secondary N) is 1. The van der Waals surface area contributed by atoms with Gasteiger partial charge in [-0.25, -0.2) is 9.38 Å². The van der Waals surface area contributed by atoms with Crippen molar-refractivity contribution < 1.29 is 9.18 Å². The highest BCUT2D eigenvalue weighted by atomic mass is 79.9. The van der Waals surface area contributed by atoms with Gasteiger partial charge in [0.15, 0.2) is 0 Å². The molecule has 1 aromatic carbocycles. The second-order valence-electron chi connectivity index (χ2n) is 5.69. The number of hydrogen-bond donors (Lipinski definition) is 2. The molecule has 0 saturated carbocycles. The lowest BCUT2D eigenvalue weighted by Crippen LogP contribution is -2.48.